The lowest BCUT2D eigenvalue weighted by molar-refractivity contribution is 0.652. The minimum Gasteiger partial charge on any atom is -0.344 e. The molecule has 0 unspecified atom stereocenters. The van der Waals surface area contributed by atoms with Gasteiger partial charge in [0.25, 0.3) is 0 Å². The van der Waals surface area contributed by atoms with Crippen LogP contribution in [-0.2, 0) is 19.5 Å². The second kappa shape index (κ2) is 5.98. The fourth-order valence-electron chi connectivity index (χ4n) is 1.78. The lowest BCUT2D eigenvalue weighted by atomic mass is 10.4. The predicted octanol–water partition coefficient (Wildman–Crippen LogP) is 2.66. The molecule has 0 spiro atoms. The smallest absolute Gasteiger partial charge is 0.0926 e. The molecule has 0 aliphatic heterocycles. The van der Waals surface area contributed by atoms with Crippen LogP contribution in [0.3, 0.4) is 0 Å². The Kier molecular flexibility index (Phi) is 4.34. The fraction of sp³-hybridized carbons (Fsp3) is 0.462. The van der Waals surface area contributed by atoms with Gasteiger partial charge in [-0.3, -0.25) is 0 Å². The van der Waals surface area contributed by atoms with E-state index in [1.807, 2.05) is 0 Å². The minimum atomic E-state index is 0.879. The van der Waals surface area contributed by atoms with E-state index in [2.05, 4.69) is 52.4 Å². The van der Waals surface area contributed by atoms with Gasteiger partial charge in [0.1, 0.15) is 0 Å². The van der Waals surface area contributed by atoms with Crippen LogP contribution in [0.1, 0.15) is 30.2 Å². The van der Waals surface area contributed by atoms with Gasteiger partial charge < -0.3 is 9.88 Å². The molecule has 0 radical (unpaired) electrons. The number of aryl methyl sites for hydroxylation is 1. The number of rotatable bonds is 6. The SMILES string of the molecule is CCNCc1cccn1Cc1csc(CC)n1. The largest absolute Gasteiger partial charge is 0.344 e. The lowest BCUT2D eigenvalue weighted by Gasteiger charge is -2.07. The number of thiazole rings is 1. The Morgan fingerprint density at radius 1 is 1.41 bits per heavy atom. The molecule has 3 nitrogen and oxygen atoms in total. The molecule has 4 heteroatoms. The molecule has 2 rings (SSSR count). The summed E-state index contributed by atoms with van der Waals surface area (Å²) in [6.45, 7) is 7.08. The first-order valence-electron chi connectivity index (χ1n) is 6.11. The molecule has 92 valence electrons. The lowest BCUT2D eigenvalue weighted by Crippen LogP contribution is -2.15. The average molecular weight is 249 g/mol. The highest BCUT2D eigenvalue weighted by atomic mass is 32.1. The summed E-state index contributed by atoms with van der Waals surface area (Å²) >= 11 is 1.76. The summed E-state index contributed by atoms with van der Waals surface area (Å²) in [6, 6.07) is 4.26. The fourth-order valence-corrected chi connectivity index (χ4v) is 2.51. The van der Waals surface area contributed by atoms with E-state index >= 15 is 0 Å². The maximum Gasteiger partial charge on any atom is 0.0926 e. The van der Waals surface area contributed by atoms with Gasteiger partial charge in [-0.1, -0.05) is 13.8 Å². The van der Waals surface area contributed by atoms with Crippen LogP contribution >= 0.6 is 11.3 Å². The van der Waals surface area contributed by atoms with Gasteiger partial charge in [-0.15, -0.1) is 11.3 Å². The summed E-state index contributed by atoms with van der Waals surface area (Å²) in [6.07, 6.45) is 3.15. The highest BCUT2D eigenvalue weighted by Crippen LogP contribution is 2.13. The molecule has 0 saturated carbocycles. The first-order valence-corrected chi connectivity index (χ1v) is 6.99. The van der Waals surface area contributed by atoms with Gasteiger partial charge in [0.05, 0.1) is 17.2 Å². The van der Waals surface area contributed by atoms with Gasteiger partial charge in [0, 0.05) is 23.8 Å². The van der Waals surface area contributed by atoms with Crippen LogP contribution in [0.15, 0.2) is 23.7 Å². The highest BCUT2D eigenvalue weighted by Gasteiger charge is 2.04. The van der Waals surface area contributed by atoms with Crippen molar-refractivity contribution in [1.29, 1.82) is 0 Å². The molecule has 2 heterocycles. The van der Waals surface area contributed by atoms with Gasteiger partial charge in [-0.2, -0.15) is 0 Å². The standard InChI is InChI=1S/C13H19N3S/c1-3-13-15-11(10-17-13)9-16-7-5-6-12(16)8-14-4-2/h5-7,10,14H,3-4,8-9H2,1-2H3. The number of nitrogens with zero attached hydrogens (tertiary/aromatic N) is 2. The van der Waals surface area contributed by atoms with E-state index in [1.54, 1.807) is 11.3 Å². The Morgan fingerprint density at radius 2 is 2.29 bits per heavy atom. The number of nitrogens with one attached hydrogen (secondary N) is 1. The molecule has 0 aromatic carbocycles. The number of hydrogen-bond donors (Lipinski definition) is 1. The maximum absolute atomic E-state index is 4.60. The van der Waals surface area contributed by atoms with E-state index in [-0.39, 0.29) is 0 Å². The summed E-state index contributed by atoms with van der Waals surface area (Å²) in [4.78, 5) is 4.60. The van der Waals surface area contributed by atoms with Gasteiger partial charge in [-0.25, -0.2) is 4.98 Å². The van der Waals surface area contributed by atoms with Crippen LogP contribution in [0, 0.1) is 0 Å². The Hall–Kier alpha value is -1.13. The van der Waals surface area contributed by atoms with Crippen molar-refractivity contribution in [3.63, 3.8) is 0 Å². The monoisotopic (exact) mass is 249 g/mol. The molecule has 1 N–H and O–H groups in total. The summed E-state index contributed by atoms with van der Waals surface area (Å²) in [7, 11) is 0. The highest BCUT2D eigenvalue weighted by molar-refractivity contribution is 7.09. The van der Waals surface area contributed by atoms with Crippen LogP contribution in [0.5, 0.6) is 0 Å². The predicted molar refractivity (Wildman–Crippen MR) is 72.4 cm³/mol. The molecule has 0 saturated heterocycles. The number of aromatic nitrogens is 2. The summed E-state index contributed by atoms with van der Waals surface area (Å²) < 4.78 is 2.26. The van der Waals surface area contributed by atoms with Crippen molar-refractivity contribution >= 4 is 11.3 Å². The zero-order valence-electron chi connectivity index (χ0n) is 10.4. The normalized spacial score (nSPS) is 10.9. The van der Waals surface area contributed by atoms with Crippen molar-refractivity contribution in [3.05, 3.63) is 40.1 Å². The van der Waals surface area contributed by atoms with Gasteiger partial charge >= 0.3 is 0 Å². The van der Waals surface area contributed by atoms with Crippen LogP contribution in [0.25, 0.3) is 0 Å². The molecule has 0 bridgehead atoms. The van der Waals surface area contributed by atoms with E-state index in [4.69, 9.17) is 0 Å². The third-order valence-electron chi connectivity index (χ3n) is 2.71. The van der Waals surface area contributed by atoms with Crippen molar-refractivity contribution in [2.45, 2.75) is 33.4 Å². The third kappa shape index (κ3) is 3.17. The first-order chi connectivity index (χ1) is 8.33. The van der Waals surface area contributed by atoms with Crippen molar-refractivity contribution in [2.75, 3.05) is 6.54 Å². The Labute approximate surface area is 107 Å². The van der Waals surface area contributed by atoms with Crippen LogP contribution < -0.4 is 5.32 Å². The van der Waals surface area contributed by atoms with Crippen molar-refractivity contribution in [3.8, 4) is 0 Å². The maximum atomic E-state index is 4.60. The first kappa shape index (κ1) is 12.3. The molecule has 2 aromatic heterocycles. The van der Waals surface area contributed by atoms with Crippen molar-refractivity contribution in [2.24, 2.45) is 0 Å². The van der Waals surface area contributed by atoms with Crippen LogP contribution in [-0.4, -0.2) is 16.1 Å². The molecule has 0 atom stereocenters. The van der Waals surface area contributed by atoms with E-state index < -0.39 is 0 Å². The summed E-state index contributed by atoms with van der Waals surface area (Å²) in [5.41, 5.74) is 2.48. The Morgan fingerprint density at radius 3 is 3.00 bits per heavy atom. The number of hydrogen-bond acceptors (Lipinski definition) is 3. The van der Waals surface area contributed by atoms with Crippen LogP contribution in [0.4, 0.5) is 0 Å². The molecule has 0 aliphatic rings. The van der Waals surface area contributed by atoms with E-state index in [9.17, 15) is 0 Å². The summed E-state index contributed by atoms with van der Waals surface area (Å²) in [5, 5.41) is 6.74. The van der Waals surface area contributed by atoms with Crippen molar-refractivity contribution in [1.82, 2.24) is 14.9 Å². The molecular weight excluding hydrogens is 230 g/mol. The molecule has 0 aliphatic carbocycles. The molecule has 0 fully saturated rings. The van der Waals surface area contributed by atoms with E-state index in [1.165, 1.54) is 16.4 Å². The zero-order chi connectivity index (χ0) is 12.1. The van der Waals surface area contributed by atoms with Gasteiger partial charge in [-0.05, 0) is 25.1 Å². The van der Waals surface area contributed by atoms with Crippen LogP contribution in [0.2, 0.25) is 0 Å². The van der Waals surface area contributed by atoms with E-state index in [0.717, 1.165) is 26.1 Å². The second-order valence-corrected chi connectivity index (χ2v) is 4.94. The molecule has 0 amide bonds. The van der Waals surface area contributed by atoms with Crippen molar-refractivity contribution < 1.29 is 0 Å². The molecule has 17 heavy (non-hydrogen) atoms. The molecule has 2 aromatic rings. The Bertz CT molecular complexity index is 459. The quantitative estimate of drug-likeness (QED) is 0.853. The zero-order valence-corrected chi connectivity index (χ0v) is 11.3. The topological polar surface area (TPSA) is 29.9 Å². The summed E-state index contributed by atoms with van der Waals surface area (Å²) in [5.74, 6) is 0. The van der Waals surface area contributed by atoms with Gasteiger partial charge in [0.15, 0.2) is 0 Å². The minimum absolute atomic E-state index is 0.879. The second-order valence-electron chi connectivity index (χ2n) is 3.99. The Balaban J connectivity index is 2.04. The van der Waals surface area contributed by atoms with E-state index in [0.29, 0.717) is 0 Å². The average Bonchev–Trinajstić information content (AvgIpc) is 2.96. The third-order valence-corrected chi connectivity index (χ3v) is 3.76. The molecular formula is C13H19N3S. The van der Waals surface area contributed by atoms with Gasteiger partial charge in [0.2, 0.25) is 0 Å².